The second-order valence-electron chi connectivity index (χ2n) is 4.24. The maximum absolute atomic E-state index is 12.8. The summed E-state index contributed by atoms with van der Waals surface area (Å²) in [6, 6.07) is 7.38. The highest BCUT2D eigenvalue weighted by molar-refractivity contribution is 9.10. The van der Waals surface area contributed by atoms with Gasteiger partial charge in [0.2, 0.25) is 5.82 Å². The van der Waals surface area contributed by atoms with Gasteiger partial charge in [-0.15, -0.1) is 0 Å². The van der Waals surface area contributed by atoms with E-state index in [0.29, 0.717) is 11.0 Å². The molecule has 7 heteroatoms. The van der Waals surface area contributed by atoms with Crippen LogP contribution in [0.2, 0.25) is 0 Å². The Morgan fingerprint density at radius 3 is 2.65 bits per heavy atom. The molecule has 5 nitrogen and oxygen atoms in total. The van der Waals surface area contributed by atoms with Crippen molar-refractivity contribution in [3.8, 4) is 0 Å². The number of nitrogens with zero attached hydrogens (tertiary/aromatic N) is 3. The molecule has 2 rings (SSSR count). The van der Waals surface area contributed by atoms with Crippen LogP contribution in [-0.2, 0) is 6.54 Å². The molecule has 1 heterocycles. The van der Waals surface area contributed by atoms with Crippen molar-refractivity contribution in [1.29, 1.82) is 0 Å². The molecular formula is C13H11BrFN3O2. The summed E-state index contributed by atoms with van der Waals surface area (Å²) in [4.78, 5) is 16.3. The third-order valence-corrected chi connectivity index (χ3v) is 3.14. The quantitative estimate of drug-likeness (QED) is 0.631. The van der Waals surface area contributed by atoms with Crippen molar-refractivity contribution in [2.24, 2.45) is 0 Å². The first-order valence-corrected chi connectivity index (χ1v) is 6.52. The fraction of sp³-hybridized carbons (Fsp3) is 0.154. The van der Waals surface area contributed by atoms with Crippen LogP contribution in [0.5, 0.6) is 0 Å². The van der Waals surface area contributed by atoms with Crippen molar-refractivity contribution in [3.05, 3.63) is 62.5 Å². The molecule has 0 aliphatic heterocycles. The number of aromatic nitrogens is 1. The van der Waals surface area contributed by atoms with Gasteiger partial charge in [0.25, 0.3) is 0 Å². The highest BCUT2D eigenvalue weighted by atomic mass is 79.9. The fourth-order valence-electron chi connectivity index (χ4n) is 1.79. The Bertz CT molecular complexity index is 634. The van der Waals surface area contributed by atoms with Gasteiger partial charge in [-0.05, 0) is 33.6 Å². The maximum atomic E-state index is 12.8. The molecule has 104 valence electrons. The lowest BCUT2D eigenvalue weighted by atomic mass is 10.2. The molecular weight excluding hydrogens is 329 g/mol. The van der Waals surface area contributed by atoms with Gasteiger partial charge in [-0.25, -0.2) is 9.37 Å². The number of nitro groups is 1. The molecule has 0 saturated heterocycles. The van der Waals surface area contributed by atoms with Gasteiger partial charge >= 0.3 is 5.69 Å². The average molecular weight is 340 g/mol. The lowest BCUT2D eigenvalue weighted by Crippen LogP contribution is -2.19. The summed E-state index contributed by atoms with van der Waals surface area (Å²) in [5.41, 5.74) is 0.761. The highest BCUT2D eigenvalue weighted by Crippen LogP contribution is 2.28. The largest absolute Gasteiger partial charge is 0.350 e. The molecule has 0 radical (unpaired) electrons. The first-order chi connectivity index (χ1) is 9.47. The smallest absolute Gasteiger partial charge is 0.312 e. The van der Waals surface area contributed by atoms with Crippen molar-refractivity contribution < 1.29 is 9.31 Å². The van der Waals surface area contributed by atoms with E-state index >= 15 is 0 Å². The Hall–Kier alpha value is -2.02. The summed E-state index contributed by atoms with van der Waals surface area (Å²) in [6.07, 6.45) is 1.50. The highest BCUT2D eigenvalue weighted by Gasteiger charge is 2.19. The summed E-state index contributed by atoms with van der Waals surface area (Å²) in [7, 11) is 1.70. The van der Waals surface area contributed by atoms with Crippen LogP contribution < -0.4 is 4.90 Å². The first kappa shape index (κ1) is 14.4. The van der Waals surface area contributed by atoms with Crippen molar-refractivity contribution in [2.45, 2.75) is 6.54 Å². The normalized spacial score (nSPS) is 10.3. The lowest BCUT2D eigenvalue weighted by Gasteiger charge is -2.18. The Kier molecular flexibility index (Phi) is 4.29. The van der Waals surface area contributed by atoms with Gasteiger partial charge in [0.05, 0.1) is 4.92 Å². The van der Waals surface area contributed by atoms with Crippen LogP contribution in [0, 0.1) is 15.9 Å². The van der Waals surface area contributed by atoms with Crippen LogP contribution in [-0.4, -0.2) is 17.0 Å². The Morgan fingerprint density at radius 1 is 1.40 bits per heavy atom. The molecule has 0 saturated carbocycles. The molecule has 0 N–H and O–H groups in total. The summed E-state index contributed by atoms with van der Waals surface area (Å²) in [6.45, 7) is 0.399. The minimum absolute atomic E-state index is 0.0796. The van der Waals surface area contributed by atoms with Crippen molar-refractivity contribution >= 4 is 27.4 Å². The second-order valence-corrected chi connectivity index (χ2v) is 5.15. The molecule has 0 amide bonds. The van der Waals surface area contributed by atoms with Crippen LogP contribution in [0.4, 0.5) is 15.9 Å². The predicted molar refractivity (Wildman–Crippen MR) is 77.1 cm³/mol. The molecule has 0 bridgehead atoms. The topological polar surface area (TPSA) is 59.3 Å². The molecule has 0 unspecified atom stereocenters. The van der Waals surface area contributed by atoms with Crippen molar-refractivity contribution in [1.82, 2.24) is 4.98 Å². The fourth-order valence-corrected chi connectivity index (χ4v) is 2.11. The number of anilines is 1. The summed E-state index contributed by atoms with van der Waals surface area (Å²) >= 11 is 3.16. The summed E-state index contributed by atoms with van der Waals surface area (Å²) in [5, 5.41) is 11.0. The monoisotopic (exact) mass is 339 g/mol. The molecule has 1 aromatic heterocycles. The van der Waals surface area contributed by atoms with E-state index < -0.39 is 4.92 Å². The first-order valence-electron chi connectivity index (χ1n) is 5.73. The zero-order valence-electron chi connectivity index (χ0n) is 10.6. The zero-order chi connectivity index (χ0) is 14.7. The van der Waals surface area contributed by atoms with E-state index in [0.717, 1.165) is 5.56 Å². The maximum Gasteiger partial charge on any atom is 0.312 e. The molecule has 2 aromatic rings. The predicted octanol–water partition coefficient (Wildman–Crippen LogP) is 3.53. The number of hydrogen-bond acceptors (Lipinski definition) is 4. The zero-order valence-corrected chi connectivity index (χ0v) is 12.2. The number of hydrogen-bond donors (Lipinski definition) is 0. The van der Waals surface area contributed by atoms with E-state index in [1.54, 1.807) is 24.1 Å². The van der Waals surface area contributed by atoms with Crippen LogP contribution in [0.1, 0.15) is 5.56 Å². The van der Waals surface area contributed by atoms with Crippen molar-refractivity contribution in [2.75, 3.05) is 11.9 Å². The molecule has 1 aromatic carbocycles. The molecule has 0 fully saturated rings. The lowest BCUT2D eigenvalue weighted by molar-refractivity contribution is -0.384. The summed E-state index contributed by atoms with van der Waals surface area (Å²) in [5.74, 6) is -0.0494. The Morgan fingerprint density at radius 2 is 2.05 bits per heavy atom. The average Bonchev–Trinajstić information content (AvgIpc) is 2.41. The van der Waals surface area contributed by atoms with E-state index in [2.05, 4.69) is 20.9 Å². The van der Waals surface area contributed by atoms with E-state index in [-0.39, 0.29) is 17.3 Å². The van der Waals surface area contributed by atoms with Crippen LogP contribution >= 0.6 is 15.9 Å². The van der Waals surface area contributed by atoms with Crippen molar-refractivity contribution in [3.63, 3.8) is 0 Å². The van der Waals surface area contributed by atoms with Gasteiger partial charge in [0.15, 0.2) is 0 Å². The molecule has 0 spiro atoms. The van der Waals surface area contributed by atoms with E-state index in [1.807, 2.05) is 0 Å². The molecule has 20 heavy (non-hydrogen) atoms. The van der Waals surface area contributed by atoms with E-state index in [9.17, 15) is 14.5 Å². The van der Waals surface area contributed by atoms with E-state index in [4.69, 9.17) is 0 Å². The van der Waals surface area contributed by atoms with Crippen LogP contribution in [0.15, 0.2) is 41.0 Å². The minimum Gasteiger partial charge on any atom is -0.350 e. The van der Waals surface area contributed by atoms with Gasteiger partial charge in [-0.2, -0.15) is 0 Å². The summed E-state index contributed by atoms with van der Waals surface area (Å²) < 4.78 is 13.4. The Labute approximate surface area is 123 Å². The van der Waals surface area contributed by atoms with E-state index in [1.165, 1.54) is 24.4 Å². The van der Waals surface area contributed by atoms with Gasteiger partial charge < -0.3 is 4.90 Å². The third-order valence-electron chi connectivity index (χ3n) is 2.71. The van der Waals surface area contributed by atoms with Gasteiger partial charge in [-0.3, -0.25) is 10.1 Å². The standard InChI is InChI=1S/C13H11BrFN3O2/c1-17(8-9-2-4-11(15)5-3-9)13-12(18(19)20)6-10(14)7-16-13/h2-7H,8H2,1H3. The Balaban J connectivity index is 2.27. The molecule has 0 atom stereocenters. The molecule has 0 aliphatic carbocycles. The van der Waals surface area contributed by atoms with Crippen LogP contribution in [0.25, 0.3) is 0 Å². The number of pyridine rings is 1. The van der Waals surface area contributed by atoms with Crippen LogP contribution in [0.3, 0.4) is 0 Å². The van der Waals surface area contributed by atoms with Gasteiger partial charge in [-0.1, -0.05) is 12.1 Å². The minimum atomic E-state index is -0.478. The SMILES string of the molecule is CN(Cc1ccc(F)cc1)c1ncc(Br)cc1[N+](=O)[O-]. The molecule has 0 aliphatic rings. The van der Waals surface area contributed by atoms with Gasteiger partial charge in [0, 0.05) is 30.3 Å². The number of benzene rings is 1. The number of halogens is 2. The third kappa shape index (κ3) is 3.30. The number of rotatable bonds is 4. The second kappa shape index (κ2) is 5.96. The van der Waals surface area contributed by atoms with Gasteiger partial charge in [0.1, 0.15) is 5.82 Å².